The van der Waals surface area contributed by atoms with Gasteiger partial charge >= 0.3 is 0 Å². The summed E-state index contributed by atoms with van der Waals surface area (Å²) in [7, 11) is 0. The fraction of sp³-hybridized carbons (Fsp3) is 0.867. The fourth-order valence-corrected chi connectivity index (χ4v) is 1.65. The van der Waals surface area contributed by atoms with Crippen LogP contribution in [0.3, 0.4) is 0 Å². The molecule has 1 aliphatic carbocycles. The second kappa shape index (κ2) is 7.17. The highest BCUT2D eigenvalue weighted by Crippen LogP contribution is 2.25. The van der Waals surface area contributed by atoms with Crippen molar-refractivity contribution >= 4 is 0 Å². The van der Waals surface area contributed by atoms with Crippen LogP contribution >= 0.6 is 0 Å². The summed E-state index contributed by atoms with van der Waals surface area (Å²) < 4.78 is 5.69. The van der Waals surface area contributed by atoms with Gasteiger partial charge in [-0.2, -0.15) is 0 Å². The Morgan fingerprint density at radius 2 is 2.12 bits per heavy atom. The smallest absolute Gasteiger partial charge is 0.0474 e. The highest BCUT2D eigenvalue weighted by atomic mass is 16.5. The molecular formula is C15H29NO. The number of hydrogen-bond acceptors (Lipinski definition) is 2. The monoisotopic (exact) mass is 239 g/mol. The predicted octanol–water partition coefficient (Wildman–Crippen LogP) is 3.38. The van der Waals surface area contributed by atoms with E-state index in [1.54, 1.807) is 0 Å². The minimum Gasteiger partial charge on any atom is -0.381 e. The topological polar surface area (TPSA) is 21.3 Å². The van der Waals surface area contributed by atoms with Crippen molar-refractivity contribution in [3.63, 3.8) is 0 Å². The van der Waals surface area contributed by atoms with Crippen molar-refractivity contribution in [3.8, 4) is 0 Å². The van der Waals surface area contributed by atoms with Gasteiger partial charge in [-0.25, -0.2) is 0 Å². The lowest BCUT2D eigenvalue weighted by atomic mass is 9.87. The van der Waals surface area contributed by atoms with E-state index in [-0.39, 0.29) is 5.41 Å². The molecule has 0 bridgehead atoms. The van der Waals surface area contributed by atoms with Crippen molar-refractivity contribution in [3.05, 3.63) is 12.7 Å². The summed E-state index contributed by atoms with van der Waals surface area (Å²) in [6.45, 7) is 13.5. The third kappa shape index (κ3) is 6.85. The molecule has 0 aromatic carbocycles. The normalized spacial score (nSPS) is 19.3. The molecule has 0 aromatic rings. The van der Waals surface area contributed by atoms with Gasteiger partial charge in [0.25, 0.3) is 0 Å². The van der Waals surface area contributed by atoms with E-state index in [4.69, 9.17) is 4.74 Å². The molecule has 100 valence electrons. The molecule has 1 fully saturated rings. The Labute approximate surface area is 107 Å². The third-order valence-electron chi connectivity index (χ3n) is 3.52. The second-order valence-corrected chi connectivity index (χ2v) is 6.06. The van der Waals surface area contributed by atoms with Crippen molar-refractivity contribution < 1.29 is 4.74 Å². The van der Waals surface area contributed by atoms with Gasteiger partial charge in [-0.15, -0.1) is 6.58 Å². The number of nitrogens with one attached hydrogen (secondary N) is 1. The van der Waals surface area contributed by atoms with Crippen molar-refractivity contribution in [2.45, 2.75) is 52.5 Å². The molecule has 0 radical (unpaired) electrons. The maximum absolute atomic E-state index is 5.69. The van der Waals surface area contributed by atoms with E-state index in [2.05, 4.69) is 38.7 Å². The van der Waals surface area contributed by atoms with Gasteiger partial charge in [-0.05, 0) is 37.0 Å². The molecular weight excluding hydrogens is 210 g/mol. The molecule has 2 heteroatoms. The van der Waals surface area contributed by atoms with Gasteiger partial charge in [0.1, 0.15) is 0 Å². The summed E-state index contributed by atoms with van der Waals surface area (Å²) in [5, 5.41) is 3.58. The van der Waals surface area contributed by atoms with Crippen LogP contribution in [-0.4, -0.2) is 25.8 Å². The molecule has 17 heavy (non-hydrogen) atoms. The maximum Gasteiger partial charge on any atom is 0.0474 e. The van der Waals surface area contributed by atoms with E-state index in [9.17, 15) is 0 Å². The molecule has 0 saturated heterocycles. The van der Waals surface area contributed by atoms with Crippen LogP contribution in [0.15, 0.2) is 12.7 Å². The van der Waals surface area contributed by atoms with Gasteiger partial charge < -0.3 is 10.1 Å². The Hall–Kier alpha value is -0.340. The Morgan fingerprint density at radius 1 is 1.41 bits per heavy atom. The fourth-order valence-electron chi connectivity index (χ4n) is 1.65. The largest absolute Gasteiger partial charge is 0.381 e. The molecule has 0 amide bonds. The van der Waals surface area contributed by atoms with Gasteiger partial charge in [-0.1, -0.05) is 26.8 Å². The minimum atomic E-state index is 0.181. The third-order valence-corrected chi connectivity index (χ3v) is 3.52. The Morgan fingerprint density at radius 3 is 2.65 bits per heavy atom. The number of hydrogen-bond donors (Lipinski definition) is 1. The van der Waals surface area contributed by atoms with E-state index in [1.807, 2.05) is 0 Å². The van der Waals surface area contributed by atoms with Gasteiger partial charge in [0.15, 0.2) is 0 Å². The Bertz CT molecular complexity index is 223. The highest BCUT2D eigenvalue weighted by molar-refractivity contribution is 4.95. The first-order valence-corrected chi connectivity index (χ1v) is 7.00. The van der Waals surface area contributed by atoms with E-state index in [1.165, 1.54) is 12.8 Å². The second-order valence-electron chi connectivity index (χ2n) is 6.06. The summed E-state index contributed by atoms with van der Waals surface area (Å²) in [6, 6.07) is 0.774. The van der Waals surface area contributed by atoms with Crippen LogP contribution < -0.4 is 5.32 Å². The van der Waals surface area contributed by atoms with Crippen LogP contribution in [0.4, 0.5) is 0 Å². The number of rotatable bonds is 10. The first kappa shape index (κ1) is 14.7. The molecule has 1 rings (SSSR count). The highest BCUT2D eigenvalue weighted by Gasteiger charge is 2.26. The maximum atomic E-state index is 5.69. The summed E-state index contributed by atoms with van der Waals surface area (Å²) in [6.07, 6.45) is 6.99. The van der Waals surface area contributed by atoms with E-state index in [0.717, 1.165) is 44.6 Å². The zero-order chi connectivity index (χ0) is 12.7. The Kier molecular flexibility index (Phi) is 6.21. The van der Waals surface area contributed by atoms with Crippen LogP contribution in [-0.2, 0) is 4.74 Å². The zero-order valence-corrected chi connectivity index (χ0v) is 11.8. The quantitative estimate of drug-likeness (QED) is 0.466. The van der Waals surface area contributed by atoms with Gasteiger partial charge in [0.05, 0.1) is 0 Å². The Balaban J connectivity index is 2.09. The molecule has 2 nitrogen and oxygen atoms in total. The summed E-state index contributed by atoms with van der Waals surface area (Å²) in [4.78, 5) is 0. The minimum absolute atomic E-state index is 0.181. The molecule has 1 atom stereocenters. The van der Waals surface area contributed by atoms with E-state index in [0.29, 0.717) is 0 Å². The van der Waals surface area contributed by atoms with Gasteiger partial charge in [0, 0.05) is 25.8 Å². The van der Waals surface area contributed by atoms with E-state index >= 15 is 0 Å². The van der Waals surface area contributed by atoms with Crippen molar-refractivity contribution in [2.24, 2.45) is 11.3 Å². The van der Waals surface area contributed by atoms with Gasteiger partial charge in [0.2, 0.25) is 0 Å². The number of ether oxygens (including phenoxy) is 1. The molecule has 0 aliphatic heterocycles. The van der Waals surface area contributed by atoms with Crippen LogP contribution in [0, 0.1) is 11.3 Å². The van der Waals surface area contributed by atoms with Crippen molar-refractivity contribution in [2.75, 3.05) is 19.8 Å². The average molecular weight is 239 g/mol. The van der Waals surface area contributed by atoms with Gasteiger partial charge in [-0.3, -0.25) is 0 Å². The van der Waals surface area contributed by atoms with Crippen LogP contribution in [0.1, 0.15) is 46.5 Å². The van der Waals surface area contributed by atoms with Crippen LogP contribution in [0.2, 0.25) is 0 Å². The van der Waals surface area contributed by atoms with E-state index < -0.39 is 0 Å². The standard InChI is InChI=1S/C15H29NO/c1-5-15(4,12-16-14-6-7-14)9-11-17-10-8-13(2)3/h5,13-14,16H,1,6-12H2,2-4H3. The van der Waals surface area contributed by atoms with Crippen LogP contribution in [0.25, 0.3) is 0 Å². The SMILES string of the molecule is C=CC(C)(CCOCCC(C)C)CNC1CC1. The molecule has 0 aromatic heterocycles. The predicted molar refractivity (Wildman–Crippen MR) is 74.2 cm³/mol. The summed E-state index contributed by atoms with van der Waals surface area (Å²) in [5.41, 5.74) is 0.181. The molecule has 1 unspecified atom stereocenters. The molecule has 1 aliphatic rings. The molecule has 0 spiro atoms. The lowest BCUT2D eigenvalue weighted by Crippen LogP contribution is -2.32. The lowest BCUT2D eigenvalue weighted by molar-refractivity contribution is 0.101. The van der Waals surface area contributed by atoms with Crippen LogP contribution in [0.5, 0.6) is 0 Å². The zero-order valence-electron chi connectivity index (χ0n) is 11.8. The lowest BCUT2D eigenvalue weighted by Gasteiger charge is -2.26. The van der Waals surface area contributed by atoms with Crippen molar-refractivity contribution in [1.82, 2.24) is 5.32 Å². The van der Waals surface area contributed by atoms with Crippen molar-refractivity contribution in [1.29, 1.82) is 0 Å². The average Bonchev–Trinajstić information content (AvgIpc) is 3.09. The molecule has 0 heterocycles. The molecule has 1 N–H and O–H groups in total. The summed E-state index contributed by atoms with van der Waals surface area (Å²) in [5.74, 6) is 0.734. The molecule has 1 saturated carbocycles. The first-order chi connectivity index (χ1) is 8.06. The first-order valence-electron chi connectivity index (χ1n) is 7.00. The summed E-state index contributed by atoms with van der Waals surface area (Å²) >= 11 is 0.